The highest BCUT2D eigenvalue weighted by atomic mass is 79.9. The van der Waals surface area contributed by atoms with Crippen LogP contribution in [0, 0.1) is 11.3 Å². The number of ether oxygens (including phenoxy) is 2. The summed E-state index contributed by atoms with van der Waals surface area (Å²) in [5.74, 6) is 0.152. The van der Waals surface area contributed by atoms with Gasteiger partial charge in [-0.25, -0.2) is 5.43 Å². The molecule has 0 unspecified atom stereocenters. The van der Waals surface area contributed by atoms with Gasteiger partial charge in [-0.05, 0) is 42.0 Å². The normalized spacial score (nSPS) is 10.3. The van der Waals surface area contributed by atoms with Gasteiger partial charge in [0.15, 0.2) is 18.1 Å². The summed E-state index contributed by atoms with van der Waals surface area (Å²) in [5.41, 5.74) is 3.27. The van der Waals surface area contributed by atoms with Crippen molar-refractivity contribution >= 4 is 28.1 Å². The summed E-state index contributed by atoms with van der Waals surface area (Å²) >= 11 is 3.26. The van der Waals surface area contributed by atoms with Crippen molar-refractivity contribution in [3.63, 3.8) is 0 Å². The van der Waals surface area contributed by atoms with Gasteiger partial charge in [-0.2, -0.15) is 10.4 Å². The first-order valence-electron chi connectivity index (χ1n) is 7.05. The van der Waals surface area contributed by atoms with Gasteiger partial charge in [0, 0.05) is 4.47 Å². The van der Waals surface area contributed by atoms with Crippen LogP contribution in [0.15, 0.2) is 46.0 Å². The molecule has 0 aliphatic carbocycles. The molecule has 8 heteroatoms. The average molecular weight is 404 g/mol. The number of carbonyl (C=O) groups is 1. The van der Waals surface area contributed by atoms with E-state index in [1.807, 2.05) is 6.07 Å². The highest BCUT2D eigenvalue weighted by molar-refractivity contribution is 9.10. The molecule has 0 aliphatic heterocycles. The van der Waals surface area contributed by atoms with Crippen LogP contribution in [0.25, 0.3) is 0 Å². The molecule has 0 fully saturated rings. The van der Waals surface area contributed by atoms with Crippen LogP contribution in [0.1, 0.15) is 11.1 Å². The van der Waals surface area contributed by atoms with Crippen molar-refractivity contribution in [2.75, 3.05) is 13.7 Å². The van der Waals surface area contributed by atoms with Gasteiger partial charge in [-0.3, -0.25) is 4.79 Å². The molecule has 0 atom stereocenters. The molecular formula is C17H14BrN3O4. The van der Waals surface area contributed by atoms with Crippen LogP contribution in [0.3, 0.4) is 0 Å². The summed E-state index contributed by atoms with van der Waals surface area (Å²) in [5, 5.41) is 22.3. The second-order valence-corrected chi connectivity index (χ2v) is 5.68. The number of rotatable bonds is 6. The molecule has 7 nitrogen and oxygen atoms in total. The number of phenolic OH excluding ortho intramolecular Hbond substituents is 1. The van der Waals surface area contributed by atoms with E-state index in [-0.39, 0.29) is 12.4 Å². The first-order chi connectivity index (χ1) is 12.0. The van der Waals surface area contributed by atoms with E-state index in [4.69, 9.17) is 14.7 Å². The molecule has 25 heavy (non-hydrogen) atoms. The Balaban J connectivity index is 1.90. The van der Waals surface area contributed by atoms with Crippen molar-refractivity contribution in [3.05, 3.63) is 52.0 Å². The topological polar surface area (TPSA) is 104 Å². The molecule has 0 bridgehead atoms. The molecule has 0 aromatic heterocycles. The average Bonchev–Trinajstić information content (AvgIpc) is 2.61. The van der Waals surface area contributed by atoms with Gasteiger partial charge in [0.25, 0.3) is 5.91 Å². The minimum atomic E-state index is -0.478. The number of halogens is 1. The maximum atomic E-state index is 11.7. The number of nitrogens with zero attached hydrogens (tertiary/aromatic N) is 2. The molecule has 0 saturated heterocycles. The Hall–Kier alpha value is -3.05. The lowest BCUT2D eigenvalue weighted by Gasteiger charge is -2.07. The van der Waals surface area contributed by atoms with Crippen LogP contribution in [0.2, 0.25) is 0 Å². The van der Waals surface area contributed by atoms with Crippen LogP contribution in [0.5, 0.6) is 17.2 Å². The lowest BCUT2D eigenvalue weighted by molar-refractivity contribution is -0.123. The van der Waals surface area contributed by atoms with Crippen molar-refractivity contribution in [1.29, 1.82) is 5.26 Å². The van der Waals surface area contributed by atoms with Crippen molar-refractivity contribution in [2.24, 2.45) is 5.10 Å². The summed E-state index contributed by atoms with van der Waals surface area (Å²) in [7, 11) is 1.44. The van der Waals surface area contributed by atoms with E-state index in [1.54, 1.807) is 30.3 Å². The summed E-state index contributed by atoms with van der Waals surface area (Å²) in [4.78, 5) is 11.7. The van der Waals surface area contributed by atoms with E-state index in [0.717, 1.165) is 4.47 Å². The fourth-order valence-electron chi connectivity index (χ4n) is 1.84. The predicted molar refractivity (Wildman–Crippen MR) is 94.7 cm³/mol. The Morgan fingerprint density at radius 1 is 1.36 bits per heavy atom. The smallest absolute Gasteiger partial charge is 0.277 e. The van der Waals surface area contributed by atoms with Crippen LogP contribution in [0.4, 0.5) is 0 Å². The van der Waals surface area contributed by atoms with Crippen LogP contribution >= 0.6 is 15.9 Å². The molecule has 0 saturated carbocycles. The fraction of sp³-hybridized carbons (Fsp3) is 0.118. The van der Waals surface area contributed by atoms with E-state index >= 15 is 0 Å². The third kappa shape index (κ3) is 5.22. The number of amides is 1. The highest BCUT2D eigenvalue weighted by Crippen LogP contribution is 2.25. The van der Waals surface area contributed by atoms with E-state index in [9.17, 15) is 9.90 Å². The van der Waals surface area contributed by atoms with Gasteiger partial charge >= 0.3 is 0 Å². The molecule has 0 heterocycles. The van der Waals surface area contributed by atoms with Crippen molar-refractivity contribution in [3.8, 4) is 23.3 Å². The zero-order chi connectivity index (χ0) is 18.2. The van der Waals surface area contributed by atoms with Gasteiger partial charge in [-0.1, -0.05) is 15.9 Å². The number of nitriles is 1. The van der Waals surface area contributed by atoms with Gasteiger partial charge in [0.2, 0.25) is 0 Å². The van der Waals surface area contributed by atoms with E-state index in [1.165, 1.54) is 19.4 Å². The Morgan fingerprint density at radius 2 is 2.16 bits per heavy atom. The number of hydrogen-bond donors (Lipinski definition) is 2. The summed E-state index contributed by atoms with van der Waals surface area (Å²) < 4.78 is 11.0. The van der Waals surface area contributed by atoms with Crippen molar-refractivity contribution in [2.45, 2.75) is 0 Å². The molecular weight excluding hydrogens is 390 g/mol. The lowest BCUT2D eigenvalue weighted by Crippen LogP contribution is -2.24. The standard InChI is InChI=1S/C17H14BrN3O4/c1-24-16-6-11(2-4-14(16)22)9-20-21-17(23)10-25-15-5-3-13(18)7-12(15)8-19/h2-7,9,22H,10H2,1H3,(H,21,23)/b20-9+. The minimum Gasteiger partial charge on any atom is -0.504 e. The zero-order valence-corrected chi connectivity index (χ0v) is 14.8. The quantitative estimate of drug-likeness (QED) is 0.569. The van der Waals surface area contributed by atoms with Crippen LogP contribution in [-0.2, 0) is 4.79 Å². The molecule has 2 aromatic rings. The third-order valence-corrected chi connectivity index (χ3v) is 3.52. The summed E-state index contributed by atoms with van der Waals surface area (Å²) in [6, 6.07) is 11.6. The number of methoxy groups -OCH3 is 1. The second kappa shape index (κ2) is 8.70. The molecule has 0 aliphatic rings. The Morgan fingerprint density at radius 3 is 2.88 bits per heavy atom. The van der Waals surface area contributed by atoms with Crippen LogP contribution in [-0.4, -0.2) is 30.9 Å². The third-order valence-electron chi connectivity index (χ3n) is 3.03. The van der Waals surface area contributed by atoms with Crippen LogP contribution < -0.4 is 14.9 Å². The first-order valence-corrected chi connectivity index (χ1v) is 7.84. The summed E-state index contributed by atoms with van der Waals surface area (Å²) in [6.07, 6.45) is 1.40. The van der Waals surface area contributed by atoms with Gasteiger partial charge in [0.1, 0.15) is 11.8 Å². The van der Waals surface area contributed by atoms with E-state index < -0.39 is 5.91 Å². The predicted octanol–water partition coefficient (Wildman–Crippen LogP) is 2.56. The molecule has 1 amide bonds. The monoisotopic (exact) mass is 403 g/mol. The molecule has 2 N–H and O–H groups in total. The zero-order valence-electron chi connectivity index (χ0n) is 13.2. The van der Waals surface area contributed by atoms with Gasteiger partial charge in [-0.15, -0.1) is 0 Å². The lowest BCUT2D eigenvalue weighted by atomic mass is 10.2. The largest absolute Gasteiger partial charge is 0.504 e. The number of hydrazone groups is 1. The molecule has 0 radical (unpaired) electrons. The fourth-order valence-corrected chi connectivity index (χ4v) is 2.21. The molecule has 128 valence electrons. The second-order valence-electron chi connectivity index (χ2n) is 4.77. The van der Waals surface area contributed by atoms with Gasteiger partial charge < -0.3 is 14.6 Å². The molecule has 0 spiro atoms. The number of hydrogen-bond acceptors (Lipinski definition) is 6. The number of carbonyl (C=O) groups excluding carboxylic acids is 1. The number of phenols is 1. The van der Waals surface area contributed by atoms with Gasteiger partial charge in [0.05, 0.1) is 18.9 Å². The Kier molecular flexibility index (Phi) is 6.37. The molecule has 2 rings (SSSR count). The summed E-state index contributed by atoms with van der Waals surface area (Å²) in [6.45, 7) is -0.285. The molecule has 2 aromatic carbocycles. The van der Waals surface area contributed by atoms with Crippen molar-refractivity contribution < 1.29 is 19.4 Å². The minimum absolute atomic E-state index is 0.0138. The first kappa shape index (κ1) is 18.3. The maximum Gasteiger partial charge on any atom is 0.277 e. The van der Waals surface area contributed by atoms with E-state index in [0.29, 0.717) is 22.6 Å². The van der Waals surface area contributed by atoms with Crippen molar-refractivity contribution in [1.82, 2.24) is 5.43 Å². The maximum absolute atomic E-state index is 11.7. The SMILES string of the molecule is COc1cc(/C=N/NC(=O)COc2ccc(Br)cc2C#N)ccc1O. The highest BCUT2D eigenvalue weighted by Gasteiger charge is 2.07. The number of nitrogens with one attached hydrogen (secondary N) is 1. The Labute approximate surface area is 152 Å². The van der Waals surface area contributed by atoms with E-state index in [2.05, 4.69) is 26.5 Å². The number of aromatic hydroxyl groups is 1. The Bertz CT molecular complexity index is 846. The number of benzene rings is 2.